The number of benzene rings is 2. The predicted molar refractivity (Wildman–Crippen MR) is 107 cm³/mol. The molecule has 3 aromatic rings. The highest BCUT2D eigenvalue weighted by molar-refractivity contribution is 5.97. The summed E-state index contributed by atoms with van der Waals surface area (Å²) in [5.74, 6) is 0.261. The van der Waals surface area contributed by atoms with Crippen LogP contribution in [0.25, 0.3) is 11.4 Å². The van der Waals surface area contributed by atoms with E-state index >= 15 is 0 Å². The number of ketones is 1. The Balaban J connectivity index is 1.65. The van der Waals surface area contributed by atoms with E-state index in [1.807, 2.05) is 52.0 Å². The van der Waals surface area contributed by atoms with E-state index in [0.717, 1.165) is 11.1 Å². The lowest BCUT2D eigenvalue weighted by molar-refractivity contribution is -0.123. The van der Waals surface area contributed by atoms with Gasteiger partial charge in [-0.25, -0.2) is 0 Å². The van der Waals surface area contributed by atoms with Crippen molar-refractivity contribution >= 4 is 17.4 Å². The summed E-state index contributed by atoms with van der Waals surface area (Å²) in [6.07, 6.45) is 0. The number of aryl methyl sites for hydroxylation is 1. The van der Waals surface area contributed by atoms with Crippen LogP contribution in [-0.4, -0.2) is 31.9 Å². The standard InChI is InChI=1S/C21H23N5O2/c1-14-5-7-16(8-6-14)19-23-25-26(24-19)13-18(27)15-9-11-17(12-10-15)22-20(28)21(2,3)4/h5-12H,13H2,1-4H3,(H,22,28). The van der Waals surface area contributed by atoms with Crippen LogP contribution in [0.2, 0.25) is 0 Å². The van der Waals surface area contributed by atoms with E-state index in [9.17, 15) is 9.59 Å². The topological polar surface area (TPSA) is 89.8 Å². The van der Waals surface area contributed by atoms with E-state index in [0.29, 0.717) is 17.1 Å². The molecule has 1 amide bonds. The molecule has 0 fully saturated rings. The second kappa shape index (κ2) is 7.72. The van der Waals surface area contributed by atoms with Gasteiger partial charge in [-0.1, -0.05) is 50.6 Å². The highest BCUT2D eigenvalue weighted by atomic mass is 16.2. The van der Waals surface area contributed by atoms with Gasteiger partial charge in [-0.2, -0.15) is 4.80 Å². The van der Waals surface area contributed by atoms with E-state index in [1.165, 1.54) is 4.80 Å². The van der Waals surface area contributed by atoms with Crippen molar-refractivity contribution in [2.45, 2.75) is 34.2 Å². The molecule has 144 valence electrons. The van der Waals surface area contributed by atoms with Gasteiger partial charge in [-0.05, 0) is 36.4 Å². The SMILES string of the molecule is Cc1ccc(-c2nnn(CC(=O)c3ccc(NC(=O)C(C)(C)C)cc3)n2)cc1. The molecule has 0 radical (unpaired) electrons. The Hall–Kier alpha value is -3.35. The number of hydrogen-bond acceptors (Lipinski definition) is 5. The Labute approximate surface area is 163 Å². The molecule has 1 aromatic heterocycles. The lowest BCUT2D eigenvalue weighted by Crippen LogP contribution is -2.27. The van der Waals surface area contributed by atoms with Gasteiger partial charge in [0.25, 0.3) is 0 Å². The van der Waals surface area contributed by atoms with Crippen LogP contribution in [0.3, 0.4) is 0 Å². The first-order valence-electron chi connectivity index (χ1n) is 9.02. The summed E-state index contributed by atoms with van der Waals surface area (Å²) < 4.78 is 0. The van der Waals surface area contributed by atoms with E-state index in [2.05, 4.69) is 20.7 Å². The van der Waals surface area contributed by atoms with Gasteiger partial charge in [0.05, 0.1) is 0 Å². The lowest BCUT2D eigenvalue weighted by Gasteiger charge is -2.17. The van der Waals surface area contributed by atoms with E-state index in [1.54, 1.807) is 24.3 Å². The third-order valence-electron chi connectivity index (χ3n) is 4.19. The first-order chi connectivity index (χ1) is 13.2. The minimum absolute atomic E-state index is 0.00738. The molecule has 0 spiro atoms. The van der Waals surface area contributed by atoms with Crippen LogP contribution in [0.4, 0.5) is 5.69 Å². The number of Topliss-reactive ketones (excluding diaryl/α,β-unsaturated/α-hetero) is 1. The molecule has 7 heteroatoms. The summed E-state index contributed by atoms with van der Waals surface area (Å²) >= 11 is 0. The lowest BCUT2D eigenvalue weighted by atomic mass is 9.95. The molecule has 0 aliphatic heterocycles. The number of nitrogens with one attached hydrogen (secondary N) is 1. The Morgan fingerprint density at radius 2 is 1.64 bits per heavy atom. The zero-order valence-electron chi connectivity index (χ0n) is 16.4. The fourth-order valence-corrected chi connectivity index (χ4v) is 2.41. The van der Waals surface area contributed by atoms with Crippen LogP contribution in [0.1, 0.15) is 36.7 Å². The molecule has 0 atom stereocenters. The van der Waals surface area contributed by atoms with Gasteiger partial charge in [0.15, 0.2) is 5.78 Å². The molecule has 28 heavy (non-hydrogen) atoms. The quantitative estimate of drug-likeness (QED) is 0.687. The molecule has 7 nitrogen and oxygen atoms in total. The summed E-state index contributed by atoms with van der Waals surface area (Å²) in [4.78, 5) is 25.8. The Bertz CT molecular complexity index is 983. The second-order valence-electron chi connectivity index (χ2n) is 7.71. The number of anilines is 1. The molecular formula is C21H23N5O2. The Morgan fingerprint density at radius 1 is 1.00 bits per heavy atom. The van der Waals surface area contributed by atoms with Gasteiger partial charge in [0.1, 0.15) is 6.54 Å². The number of tetrazole rings is 1. The maximum Gasteiger partial charge on any atom is 0.229 e. The maximum atomic E-state index is 12.5. The maximum absolute atomic E-state index is 12.5. The van der Waals surface area contributed by atoms with Crippen LogP contribution >= 0.6 is 0 Å². The van der Waals surface area contributed by atoms with Crippen LogP contribution in [0.5, 0.6) is 0 Å². The third-order valence-corrected chi connectivity index (χ3v) is 4.19. The molecule has 1 heterocycles. The molecule has 3 rings (SSSR count). The highest BCUT2D eigenvalue weighted by Gasteiger charge is 2.21. The van der Waals surface area contributed by atoms with Gasteiger partial charge < -0.3 is 5.32 Å². The number of carbonyl (C=O) groups is 2. The van der Waals surface area contributed by atoms with Gasteiger partial charge in [-0.3, -0.25) is 9.59 Å². The van der Waals surface area contributed by atoms with Gasteiger partial charge in [0.2, 0.25) is 11.7 Å². The van der Waals surface area contributed by atoms with Crippen LogP contribution in [0, 0.1) is 12.3 Å². The molecule has 0 saturated carbocycles. The molecule has 0 unspecified atom stereocenters. The number of amides is 1. The number of hydrogen-bond donors (Lipinski definition) is 1. The van der Waals surface area contributed by atoms with Crippen molar-refractivity contribution < 1.29 is 9.59 Å². The fourth-order valence-electron chi connectivity index (χ4n) is 2.41. The summed E-state index contributed by atoms with van der Waals surface area (Å²) in [5, 5.41) is 15.1. The van der Waals surface area contributed by atoms with Crippen molar-refractivity contribution in [3.05, 3.63) is 59.7 Å². The zero-order valence-corrected chi connectivity index (χ0v) is 16.4. The van der Waals surface area contributed by atoms with E-state index in [-0.39, 0.29) is 18.2 Å². The van der Waals surface area contributed by atoms with Gasteiger partial charge >= 0.3 is 0 Å². The molecule has 2 aromatic carbocycles. The largest absolute Gasteiger partial charge is 0.326 e. The average molecular weight is 377 g/mol. The summed E-state index contributed by atoms with van der Waals surface area (Å²) in [7, 11) is 0. The Kier molecular flexibility index (Phi) is 5.35. The minimum Gasteiger partial charge on any atom is -0.326 e. The molecule has 0 aliphatic carbocycles. The minimum atomic E-state index is -0.484. The number of aromatic nitrogens is 4. The highest BCUT2D eigenvalue weighted by Crippen LogP contribution is 2.18. The Morgan fingerprint density at radius 3 is 2.25 bits per heavy atom. The molecule has 1 N–H and O–H groups in total. The normalized spacial score (nSPS) is 11.3. The third kappa shape index (κ3) is 4.68. The van der Waals surface area contributed by atoms with Crippen molar-refractivity contribution in [1.29, 1.82) is 0 Å². The van der Waals surface area contributed by atoms with Gasteiger partial charge in [0, 0.05) is 22.2 Å². The van der Waals surface area contributed by atoms with Crippen LogP contribution in [0.15, 0.2) is 48.5 Å². The van der Waals surface area contributed by atoms with Crippen LogP contribution < -0.4 is 5.32 Å². The fraction of sp³-hybridized carbons (Fsp3) is 0.286. The van der Waals surface area contributed by atoms with Crippen LogP contribution in [-0.2, 0) is 11.3 Å². The smallest absolute Gasteiger partial charge is 0.229 e. The molecule has 0 saturated heterocycles. The summed E-state index contributed by atoms with van der Waals surface area (Å²) in [6.45, 7) is 7.53. The predicted octanol–water partition coefficient (Wildman–Crippen LogP) is 3.52. The summed E-state index contributed by atoms with van der Waals surface area (Å²) in [5.41, 5.74) is 2.68. The molecule has 0 bridgehead atoms. The number of nitrogens with zero attached hydrogens (tertiary/aromatic N) is 4. The number of carbonyl (C=O) groups excluding carboxylic acids is 2. The van der Waals surface area contributed by atoms with E-state index < -0.39 is 5.41 Å². The zero-order chi connectivity index (χ0) is 20.3. The monoisotopic (exact) mass is 377 g/mol. The van der Waals surface area contributed by atoms with Crippen molar-refractivity contribution in [2.24, 2.45) is 5.41 Å². The van der Waals surface area contributed by atoms with E-state index in [4.69, 9.17) is 0 Å². The van der Waals surface area contributed by atoms with Gasteiger partial charge in [-0.15, -0.1) is 10.2 Å². The van der Waals surface area contributed by atoms with Crippen molar-refractivity contribution in [3.8, 4) is 11.4 Å². The first kappa shape index (κ1) is 19.4. The molecular weight excluding hydrogens is 354 g/mol. The number of rotatable bonds is 5. The summed E-state index contributed by atoms with van der Waals surface area (Å²) in [6, 6.07) is 14.6. The molecule has 0 aliphatic rings. The first-order valence-corrected chi connectivity index (χ1v) is 9.02. The second-order valence-corrected chi connectivity index (χ2v) is 7.71. The van der Waals surface area contributed by atoms with Crippen molar-refractivity contribution in [3.63, 3.8) is 0 Å². The van der Waals surface area contributed by atoms with Crippen molar-refractivity contribution in [1.82, 2.24) is 20.2 Å². The average Bonchev–Trinajstić information content (AvgIpc) is 3.10. The van der Waals surface area contributed by atoms with Crippen molar-refractivity contribution in [2.75, 3.05) is 5.32 Å².